The molecule has 0 spiro atoms. The monoisotopic (exact) mass is 264 g/mol. The zero-order chi connectivity index (χ0) is 14.5. The Balaban J connectivity index is 0.000000160. The lowest BCUT2D eigenvalue weighted by atomic mass is 10.0. The van der Waals surface area contributed by atoms with Crippen LogP contribution in [-0.4, -0.2) is 5.11 Å². The van der Waals surface area contributed by atoms with Gasteiger partial charge in [-0.1, -0.05) is 54.6 Å². The van der Waals surface area contributed by atoms with Crippen LogP contribution in [0.5, 0.6) is 5.75 Å². The maximum Gasteiger partial charge on any atom is 0.118 e. The van der Waals surface area contributed by atoms with Gasteiger partial charge in [-0.05, 0) is 54.3 Å². The maximum absolute atomic E-state index is 8.92. The van der Waals surface area contributed by atoms with Crippen LogP contribution in [0, 0.1) is 20.8 Å². The summed E-state index contributed by atoms with van der Waals surface area (Å²) in [6.45, 7) is 6.20. The Labute approximate surface area is 120 Å². The van der Waals surface area contributed by atoms with Gasteiger partial charge in [-0.15, -0.1) is 0 Å². The van der Waals surface area contributed by atoms with Crippen LogP contribution in [0.2, 0.25) is 0 Å². The van der Waals surface area contributed by atoms with Crippen molar-refractivity contribution in [3.8, 4) is 5.75 Å². The van der Waals surface area contributed by atoms with Gasteiger partial charge in [0, 0.05) is 0 Å². The molecule has 0 unspecified atom stereocenters. The van der Waals surface area contributed by atoms with Crippen LogP contribution in [0.3, 0.4) is 0 Å². The van der Waals surface area contributed by atoms with E-state index in [0.717, 1.165) is 5.56 Å². The van der Waals surface area contributed by atoms with Gasteiger partial charge in [0.1, 0.15) is 5.75 Å². The van der Waals surface area contributed by atoms with Crippen LogP contribution in [0.4, 0.5) is 0 Å². The van der Waals surface area contributed by atoms with Gasteiger partial charge in [0.25, 0.3) is 0 Å². The summed E-state index contributed by atoms with van der Waals surface area (Å²) < 4.78 is 0. The van der Waals surface area contributed by atoms with E-state index in [-0.39, 0.29) is 0 Å². The molecule has 0 aliphatic carbocycles. The number of para-hydroxylation sites is 1. The Hall–Kier alpha value is -2.28. The van der Waals surface area contributed by atoms with Crippen molar-refractivity contribution in [2.75, 3.05) is 0 Å². The highest BCUT2D eigenvalue weighted by atomic mass is 16.3. The van der Waals surface area contributed by atoms with E-state index in [9.17, 15) is 0 Å². The van der Waals surface area contributed by atoms with Gasteiger partial charge in [0.2, 0.25) is 0 Å². The van der Waals surface area contributed by atoms with Crippen molar-refractivity contribution >= 4 is 10.8 Å². The second-order valence-corrected chi connectivity index (χ2v) is 5.02. The molecule has 1 N–H and O–H groups in total. The smallest absolute Gasteiger partial charge is 0.118 e. The summed E-state index contributed by atoms with van der Waals surface area (Å²) in [4.78, 5) is 0. The van der Waals surface area contributed by atoms with Crippen molar-refractivity contribution in [2.24, 2.45) is 0 Å². The van der Waals surface area contributed by atoms with Gasteiger partial charge < -0.3 is 5.11 Å². The molecule has 0 saturated carbocycles. The highest BCUT2D eigenvalue weighted by molar-refractivity contribution is 5.86. The fraction of sp³-hybridized carbons (Fsp3) is 0.158. The van der Waals surface area contributed by atoms with Crippen molar-refractivity contribution < 1.29 is 5.11 Å². The number of phenols is 1. The normalized spacial score (nSPS) is 9.95. The molecule has 1 heteroatoms. The summed E-state index contributed by atoms with van der Waals surface area (Å²) in [5.74, 6) is 0.368. The Morgan fingerprint density at radius 2 is 1.30 bits per heavy atom. The predicted octanol–water partition coefficient (Wildman–Crippen LogP) is 5.16. The molecule has 1 nitrogen and oxygen atoms in total. The lowest BCUT2D eigenvalue weighted by molar-refractivity contribution is 0.471. The lowest BCUT2D eigenvalue weighted by Crippen LogP contribution is -1.82. The molecule has 0 radical (unpaired) electrons. The molecule has 0 atom stereocenters. The van der Waals surface area contributed by atoms with Crippen molar-refractivity contribution in [3.05, 3.63) is 77.4 Å². The van der Waals surface area contributed by atoms with Crippen molar-refractivity contribution in [1.82, 2.24) is 0 Å². The minimum atomic E-state index is 0.368. The summed E-state index contributed by atoms with van der Waals surface area (Å²) >= 11 is 0. The lowest BCUT2D eigenvalue weighted by Gasteiger charge is -2.04. The molecule has 102 valence electrons. The molecule has 0 aliphatic rings. The molecule has 3 aromatic carbocycles. The number of hydrogen-bond donors (Lipinski definition) is 1. The quantitative estimate of drug-likeness (QED) is 0.595. The Kier molecular flexibility index (Phi) is 4.41. The molecule has 0 fully saturated rings. The largest absolute Gasteiger partial charge is 0.508 e. The number of rotatable bonds is 0. The molecule has 3 rings (SSSR count). The standard InChI is InChI=1S/C12H12.C7H8O/c1-9-7-8-11-5-3-4-6-12(11)10(9)2;1-6-4-2-3-5-7(6)8/h3-8H,1-2H3;2-5,8H,1H3. The number of benzene rings is 3. The van der Waals surface area contributed by atoms with E-state index < -0.39 is 0 Å². The third kappa shape index (κ3) is 3.18. The van der Waals surface area contributed by atoms with Gasteiger partial charge in [-0.2, -0.15) is 0 Å². The van der Waals surface area contributed by atoms with Gasteiger partial charge in [0.15, 0.2) is 0 Å². The van der Waals surface area contributed by atoms with E-state index in [1.165, 1.54) is 21.9 Å². The first-order valence-corrected chi connectivity index (χ1v) is 6.79. The van der Waals surface area contributed by atoms with Gasteiger partial charge >= 0.3 is 0 Å². The zero-order valence-electron chi connectivity index (χ0n) is 12.2. The average Bonchev–Trinajstić information content (AvgIpc) is 2.47. The molecule has 0 amide bonds. The van der Waals surface area contributed by atoms with E-state index in [1.807, 2.05) is 25.1 Å². The fourth-order valence-electron chi connectivity index (χ4n) is 2.10. The van der Waals surface area contributed by atoms with Gasteiger partial charge in [0.05, 0.1) is 0 Å². The molecule has 20 heavy (non-hydrogen) atoms. The highest BCUT2D eigenvalue weighted by Crippen LogP contribution is 2.20. The van der Waals surface area contributed by atoms with E-state index in [1.54, 1.807) is 6.07 Å². The van der Waals surface area contributed by atoms with Crippen molar-refractivity contribution in [1.29, 1.82) is 0 Å². The molecule has 0 saturated heterocycles. The van der Waals surface area contributed by atoms with Gasteiger partial charge in [-0.25, -0.2) is 0 Å². The molecular formula is C19H20O. The van der Waals surface area contributed by atoms with Crippen molar-refractivity contribution in [2.45, 2.75) is 20.8 Å². The predicted molar refractivity (Wildman–Crippen MR) is 86.3 cm³/mol. The van der Waals surface area contributed by atoms with Crippen LogP contribution in [-0.2, 0) is 0 Å². The maximum atomic E-state index is 8.92. The minimum Gasteiger partial charge on any atom is -0.508 e. The number of fused-ring (bicyclic) bond motifs is 1. The number of aromatic hydroxyl groups is 1. The van der Waals surface area contributed by atoms with E-state index >= 15 is 0 Å². The first-order chi connectivity index (χ1) is 9.59. The van der Waals surface area contributed by atoms with E-state index in [0.29, 0.717) is 5.75 Å². The SMILES string of the molecule is Cc1ccc2ccccc2c1C.Cc1ccccc1O. The number of phenolic OH excluding ortho intramolecular Hbond substituents is 1. The summed E-state index contributed by atoms with van der Waals surface area (Å²) in [5.41, 5.74) is 3.69. The van der Waals surface area contributed by atoms with Crippen molar-refractivity contribution in [3.63, 3.8) is 0 Å². The van der Waals surface area contributed by atoms with Crippen LogP contribution in [0.25, 0.3) is 10.8 Å². The highest BCUT2D eigenvalue weighted by Gasteiger charge is 1.97. The molecule has 0 aromatic heterocycles. The Morgan fingerprint density at radius 3 is 1.95 bits per heavy atom. The second kappa shape index (κ2) is 6.25. The first kappa shape index (κ1) is 14.1. The van der Waals surface area contributed by atoms with E-state index in [4.69, 9.17) is 5.11 Å². The van der Waals surface area contributed by atoms with Crippen LogP contribution in [0.1, 0.15) is 16.7 Å². The second-order valence-electron chi connectivity index (χ2n) is 5.02. The van der Waals surface area contributed by atoms with Crippen LogP contribution >= 0.6 is 0 Å². The molecule has 0 heterocycles. The Bertz CT molecular complexity index is 693. The molecular weight excluding hydrogens is 244 g/mol. The summed E-state index contributed by atoms with van der Waals surface area (Å²) in [6.07, 6.45) is 0. The average molecular weight is 264 g/mol. The third-order valence-electron chi connectivity index (χ3n) is 3.58. The summed E-state index contributed by atoms with van der Waals surface area (Å²) in [6, 6.07) is 20.1. The summed E-state index contributed by atoms with van der Waals surface area (Å²) in [7, 11) is 0. The van der Waals surface area contributed by atoms with Gasteiger partial charge in [-0.3, -0.25) is 0 Å². The topological polar surface area (TPSA) is 20.2 Å². The zero-order valence-corrected chi connectivity index (χ0v) is 12.2. The number of hydrogen-bond acceptors (Lipinski definition) is 1. The molecule has 0 bridgehead atoms. The van der Waals surface area contributed by atoms with Crippen LogP contribution in [0.15, 0.2) is 60.7 Å². The fourth-order valence-corrected chi connectivity index (χ4v) is 2.10. The molecule has 3 aromatic rings. The van der Waals surface area contributed by atoms with Crippen LogP contribution < -0.4 is 0 Å². The minimum absolute atomic E-state index is 0.368. The summed E-state index contributed by atoms with van der Waals surface area (Å²) in [5, 5.41) is 11.6. The van der Waals surface area contributed by atoms with E-state index in [2.05, 4.69) is 50.2 Å². The Morgan fingerprint density at radius 1 is 0.650 bits per heavy atom. The first-order valence-electron chi connectivity index (χ1n) is 6.79. The molecule has 0 aliphatic heterocycles. The third-order valence-corrected chi connectivity index (χ3v) is 3.58. The number of aryl methyl sites for hydroxylation is 3.